The number of anilines is 2. The number of hydrogen-bond acceptors (Lipinski definition) is 3. The van der Waals surface area contributed by atoms with Crippen LogP contribution in [0.4, 0.5) is 11.4 Å². The molecule has 4 heteroatoms. The van der Waals surface area contributed by atoms with Gasteiger partial charge in [-0.05, 0) is 38.1 Å². The number of hydrogen-bond donors (Lipinski definition) is 2. The van der Waals surface area contributed by atoms with Crippen LogP contribution in [0.2, 0.25) is 0 Å². The van der Waals surface area contributed by atoms with Crippen molar-refractivity contribution in [2.45, 2.75) is 13.8 Å². The number of thiocarbonyl (C=S) groups is 1. The average Bonchev–Trinajstić information content (AvgIpc) is 2.43. The minimum Gasteiger partial charge on any atom is -0.492 e. The number of nitrogens with two attached hydrogens (primary N) is 1. The summed E-state index contributed by atoms with van der Waals surface area (Å²) in [5.74, 6) is 0.810. The molecule has 3 N–H and O–H groups in total. The van der Waals surface area contributed by atoms with Crippen molar-refractivity contribution < 1.29 is 4.74 Å². The van der Waals surface area contributed by atoms with Gasteiger partial charge >= 0.3 is 0 Å². The zero-order chi connectivity index (χ0) is 14.5. The minimum absolute atomic E-state index is 0.380. The molecule has 0 saturated heterocycles. The number of aryl methyl sites for hydroxylation is 1. The van der Waals surface area contributed by atoms with E-state index in [2.05, 4.69) is 5.32 Å². The second-order valence-corrected chi connectivity index (χ2v) is 4.91. The third kappa shape index (κ3) is 3.27. The summed E-state index contributed by atoms with van der Waals surface area (Å²) in [4.78, 5) is 0.380. The molecule has 104 valence electrons. The maximum Gasteiger partial charge on any atom is 0.142 e. The van der Waals surface area contributed by atoms with Crippen LogP contribution in [-0.2, 0) is 0 Å². The lowest BCUT2D eigenvalue weighted by Gasteiger charge is -2.15. The lowest BCUT2D eigenvalue weighted by atomic mass is 10.1. The van der Waals surface area contributed by atoms with Crippen molar-refractivity contribution in [2.75, 3.05) is 11.9 Å². The summed E-state index contributed by atoms with van der Waals surface area (Å²) in [6.07, 6.45) is 0. The van der Waals surface area contributed by atoms with Crippen molar-refractivity contribution in [3.8, 4) is 5.75 Å². The molecule has 0 aliphatic heterocycles. The first-order chi connectivity index (χ1) is 9.61. The van der Waals surface area contributed by atoms with E-state index in [1.165, 1.54) is 0 Å². The molecule has 3 nitrogen and oxygen atoms in total. The Balaban J connectivity index is 2.37. The predicted octanol–water partition coefficient (Wildman–Crippen LogP) is 3.77. The first-order valence-electron chi connectivity index (χ1n) is 6.51. The van der Waals surface area contributed by atoms with Crippen LogP contribution in [0.3, 0.4) is 0 Å². The van der Waals surface area contributed by atoms with Crippen LogP contribution in [0.5, 0.6) is 5.75 Å². The van der Waals surface area contributed by atoms with E-state index in [1.54, 1.807) is 0 Å². The summed E-state index contributed by atoms with van der Waals surface area (Å²) in [7, 11) is 0. The van der Waals surface area contributed by atoms with E-state index in [0.29, 0.717) is 11.6 Å². The van der Waals surface area contributed by atoms with Gasteiger partial charge in [0, 0.05) is 11.3 Å². The highest BCUT2D eigenvalue weighted by Crippen LogP contribution is 2.29. The van der Waals surface area contributed by atoms with Gasteiger partial charge in [-0.15, -0.1) is 0 Å². The molecule has 0 amide bonds. The highest BCUT2D eigenvalue weighted by atomic mass is 32.1. The van der Waals surface area contributed by atoms with Gasteiger partial charge in [0.15, 0.2) is 0 Å². The van der Waals surface area contributed by atoms with E-state index in [4.69, 9.17) is 22.7 Å². The Kier molecular flexibility index (Phi) is 4.58. The summed E-state index contributed by atoms with van der Waals surface area (Å²) in [6.45, 7) is 4.59. The fraction of sp³-hybridized carbons (Fsp3) is 0.188. The molecule has 20 heavy (non-hydrogen) atoms. The lowest BCUT2D eigenvalue weighted by Crippen LogP contribution is -2.12. The minimum atomic E-state index is 0.380. The molecule has 0 radical (unpaired) electrons. The zero-order valence-corrected chi connectivity index (χ0v) is 12.5. The fourth-order valence-electron chi connectivity index (χ4n) is 1.97. The number of rotatable bonds is 5. The van der Waals surface area contributed by atoms with E-state index in [-0.39, 0.29) is 0 Å². The van der Waals surface area contributed by atoms with Gasteiger partial charge in [-0.25, -0.2) is 0 Å². The van der Waals surface area contributed by atoms with Crippen LogP contribution in [0, 0.1) is 6.92 Å². The van der Waals surface area contributed by atoms with Gasteiger partial charge in [-0.2, -0.15) is 0 Å². The van der Waals surface area contributed by atoms with Crippen molar-refractivity contribution in [1.29, 1.82) is 0 Å². The molecular weight excluding hydrogens is 268 g/mol. The van der Waals surface area contributed by atoms with Crippen molar-refractivity contribution in [1.82, 2.24) is 0 Å². The van der Waals surface area contributed by atoms with Crippen molar-refractivity contribution in [3.05, 3.63) is 53.6 Å². The van der Waals surface area contributed by atoms with Crippen LogP contribution in [0.25, 0.3) is 0 Å². The molecule has 0 fully saturated rings. The van der Waals surface area contributed by atoms with Gasteiger partial charge < -0.3 is 15.8 Å². The van der Waals surface area contributed by atoms with Crippen LogP contribution in [0.15, 0.2) is 42.5 Å². The SMILES string of the molecule is CCOc1ccccc1Nc1ccc(C)cc1C(N)=S. The van der Waals surface area contributed by atoms with Crippen LogP contribution >= 0.6 is 12.2 Å². The van der Waals surface area contributed by atoms with E-state index >= 15 is 0 Å². The Labute approximate surface area is 124 Å². The Morgan fingerprint density at radius 1 is 1.20 bits per heavy atom. The topological polar surface area (TPSA) is 47.3 Å². The molecule has 0 atom stereocenters. The second-order valence-electron chi connectivity index (χ2n) is 4.47. The summed E-state index contributed by atoms with van der Waals surface area (Å²) in [6, 6.07) is 13.8. The standard InChI is InChI=1S/C16H18N2OS/c1-3-19-15-7-5-4-6-14(15)18-13-9-8-11(2)10-12(13)16(17)20/h4-10,18H,3H2,1-2H3,(H2,17,20). The summed E-state index contributed by atoms with van der Waals surface area (Å²) in [5, 5.41) is 3.34. The monoisotopic (exact) mass is 286 g/mol. The number of benzene rings is 2. The first kappa shape index (κ1) is 14.3. The molecule has 0 aliphatic carbocycles. The molecular formula is C16H18N2OS. The normalized spacial score (nSPS) is 10.1. The van der Waals surface area contributed by atoms with Crippen LogP contribution in [0.1, 0.15) is 18.1 Å². The van der Waals surface area contributed by atoms with Gasteiger partial charge in [-0.3, -0.25) is 0 Å². The molecule has 0 spiro atoms. The quantitative estimate of drug-likeness (QED) is 0.821. The summed E-state index contributed by atoms with van der Waals surface area (Å²) >= 11 is 5.12. The fourth-order valence-corrected chi connectivity index (χ4v) is 2.14. The van der Waals surface area contributed by atoms with Crippen LogP contribution in [-0.4, -0.2) is 11.6 Å². The highest BCUT2D eigenvalue weighted by Gasteiger charge is 2.08. The van der Waals surface area contributed by atoms with E-state index in [9.17, 15) is 0 Å². The second kappa shape index (κ2) is 6.39. The van der Waals surface area contributed by atoms with Crippen LogP contribution < -0.4 is 15.8 Å². The maximum atomic E-state index is 5.79. The van der Waals surface area contributed by atoms with Gasteiger partial charge in [0.1, 0.15) is 10.7 Å². The Hall–Kier alpha value is -2.07. The van der Waals surface area contributed by atoms with Gasteiger partial charge in [0.25, 0.3) is 0 Å². The van der Waals surface area contributed by atoms with E-state index < -0.39 is 0 Å². The van der Waals surface area contributed by atoms with E-state index in [0.717, 1.165) is 28.3 Å². The van der Waals surface area contributed by atoms with Gasteiger partial charge in [0.2, 0.25) is 0 Å². The van der Waals surface area contributed by atoms with Gasteiger partial charge in [-0.1, -0.05) is 36.0 Å². The van der Waals surface area contributed by atoms with E-state index in [1.807, 2.05) is 56.3 Å². The molecule has 2 rings (SSSR count). The summed E-state index contributed by atoms with van der Waals surface area (Å²) in [5.41, 5.74) is 9.54. The maximum absolute atomic E-state index is 5.79. The largest absolute Gasteiger partial charge is 0.492 e. The smallest absolute Gasteiger partial charge is 0.142 e. The Morgan fingerprint density at radius 3 is 2.65 bits per heavy atom. The first-order valence-corrected chi connectivity index (χ1v) is 6.92. The number of ether oxygens (including phenoxy) is 1. The molecule has 0 saturated carbocycles. The zero-order valence-electron chi connectivity index (χ0n) is 11.6. The van der Waals surface area contributed by atoms with Crippen molar-refractivity contribution >= 4 is 28.6 Å². The third-order valence-electron chi connectivity index (χ3n) is 2.90. The Morgan fingerprint density at radius 2 is 1.95 bits per heavy atom. The molecule has 2 aromatic rings. The lowest BCUT2D eigenvalue weighted by molar-refractivity contribution is 0.342. The number of para-hydroxylation sites is 2. The van der Waals surface area contributed by atoms with Crippen molar-refractivity contribution in [2.24, 2.45) is 5.73 Å². The predicted molar refractivity (Wildman–Crippen MR) is 88.0 cm³/mol. The molecule has 0 heterocycles. The molecule has 0 bridgehead atoms. The molecule has 0 unspecified atom stereocenters. The average molecular weight is 286 g/mol. The van der Waals surface area contributed by atoms with Crippen molar-refractivity contribution in [3.63, 3.8) is 0 Å². The third-order valence-corrected chi connectivity index (χ3v) is 3.12. The molecule has 0 aliphatic rings. The molecule has 0 aromatic heterocycles. The molecule has 2 aromatic carbocycles. The van der Waals surface area contributed by atoms with Gasteiger partial charge in [0.05, 0.1) is 12.3 Å². The number of nitrogens with one attached hydrogen (secondary N) is 1. The highest BCUT2D eigenvalue weighted by molar-refractivity contribution is 7.80. The Bertz CT molecular complexity index is 626. The summed E-state index contributed by atoms with van der Waals surface area (Å²) < 4.78 is 5.61.